The molecular weight excluding hydrogens is 344 g/mol. The van der Waals surface area contributed by atoms with E-state index < -0.39 is 0 Å². The minimum Gasteiger partial charge on any atom is -0.342 e. The van der Waals surface area contributed by atoms with Gasteiger partial charge in [-0.25, -0.2) is 9.97 Å². The summed E-state index contributed by atoms with van der Waals surface area (Å²) in [4.78, 5) is 39.9. The summed E-state index contributed by atoms with van der Waals surface area (Å²) >= 11 is 0. The maximum absolute atomic E-state index is 12.6. The lowest BCUT2D eigenvalue weighted by molar-refractivity contribution is 0.347. The molecule has 0 unspecified atom stereocenters. The Hall–Kier alpha value is -3.03. The van der Waals surface area contributed by atoms with Crippen molar-refractivity contribution in [3.05, 3.63) is 57.1 Å². The summed E-state index contributed by atoms with van der Waals surface area (Å²) in [5, 5.41) is 0.532. The van der Waals surface area contributed by atoms with Crippen LogP contribution in [0.5, 0.6) is 0 Å². The highest BCUT2D eigenvalue weighted by Crippen LogP contribution is 2.22. The number of aryl methyl sites for hydroxylation is 1. The maximum atomic E-state index is 12.6. The molecule has 4 rings (SSSR count). The predicted octanol–water partition coefficient (Wildman–Crippen LogP) is 1.11. The van der Waals surface area contributed by atoms with Crippen LogP contribution >= 0.6 is 0 Å². The number of hydrogen-bond acceptors (Lipinski definition) is 6. The second kappa shape index (κ2) is 6.94. The van der Waals surface area contributed by atoms with Crippen LogP contribution < -0.4 is 16.0 Å². The summed E-state index contributed by atoms with van der Waals surface area (Å²) in [7, 11) is 1.75. The number of aromatic nitrogens is 5. The Morgan fingerprint density at radius 1 is 1.19 bits per heavy atom. The fourth-order valence-electron chi connectivity index (χ4n) is 3.66. The molecule has 8 nitrogen and oxygen atoms in total. The van der Waals surface area contributed by atoms with Crippen molar-refractivity contribution in [3.8, 4) is 0 Å². The van der Waals surface area contributed by atoms with E-state index in [4.69, 9.17) is 0 Å². The Morgan fingerprint density at radius 2 is 1.96 bits per heavy atom. The van der Waals surface area contributed by atoms with Crippen LogP contribution in [0.4, 0.5) is 5.95 Å². The molecule has 0 bridgehead atoms. The van der Waals surface area contributed by atoms with E-state index in [1.54, 1.807) is 54.0 Å². The molecule has 0 amide bonds. The molecule has 0 aliphatic carbocycles. The van der Waals surface area contributed by atoms with Crippen molar-refractivity contribution in [1.82, 2.24) is 24.1 Å². The van der Waals surface area contributed by atoms with E-state index in [0.29, 0.717) is 35.0 Å². The van der Waals surface area contributed by atoms with Crippen LogP contribution in [0, 0.1) is 12.8 Å². The van der Waals surface area contributed by atoms with E-state index in [-0.39, 0.29) is 11.1 Å². The topological polar surface area (TPSA) is 85.9 Å². The van der Waals surface area contributed by atoms with Crippen molar-refractivity contribution in [2.75, 3.05) is 18.0 Å². The molecule has 140 valence electrons. The van der Waals surface area contributed by atoms with Gasteiger partial charge < -0.3 is 4.90 Å². The first-order valence-electron chi connectivity index (χ1n) is 9.12. The lowest BCUT2D eigenvalue weighted by Crippen LogP contribution is -2.39. The van der Waals surface area contributed by atoms with Crippen molar-refractivity contribution in [3.63, 3.8) is 0 Å². The van der Waals surface area contributed by atoms with E-state index in [0.717, 1.165) is 25.9 Å². The van der Waals surface area contributed by atoms with Gasteiger partial charge in [0.05, 0.1) is 11.7 Å². The van der Waals surface area contributed by atoms with Crippen molar-refractivity contribution >= 4 is 17.0 Å². The third-order valence-corrected chi connectivity index (χ3v) is 5.25. The average Bonchev–Trinajstić information content (AvgIpc) is 2.69. The Kier molecular flexibility index (Phi) is 4.47. The third kappa shape index (κ3) is 3.22. The van der Waals surface area contributed by atoms with Crippen LogP contribution in [0.15, 0.2) is 40.4 Å². The Balaban J connectivity index is 1.52. The number of fused-ring (bicyclic) bond motifs is 1. The molecule has 1 aliphatic rings. The molecule has 8 heteroatoms. The van der Waals surface area contributed by atoms with Gasteiger partial charge in [-0.1, -0.05) is 0 Å². The first-order valence-corrected chi connectivity index (χ1v) is 9.12. The maximum Gasteiger partial charge on any atom is 0.264 e. The summed E-state index contributed by atoms with van der Waals surface area (Å²) in [6.45, 7) is 4.04. The monoisotopic (exact) mass is 366 g/mol. The second-order valence-corrected chi connectivity index (χ2v) is 7.12. The number of rotatable bonds is 3. The van der Waals surface area contributed by atoms with Gasteiger partial charge in [0.1, 0.15) is 0 Å². The molecule has 4 heterocycles. The van der Waals surface area contributed by atoms with Crippen LogP contribution in [0.2, 0.25) is 0 Å². The molecule has 1 aliphatic heterocycles. The number of piperidine rings is 1. The standard InChI is InChI=1S/C19H22N6O2/c1-13-10-20-12-25(17(13)26)11-14-5-8-24(9-6-14)19-22-16-15(4-3-7-21-16)18(27)23(19)2/h3-4,7,10,12,14H,5-6,8-9,11H2,1-2H3. The van der Waals surface area contributed by atoms with Crippen LogP contribution in [-0.4, -0.2) is 37.2 Å². The van der Waals surface area contributed by atoms with Crippen molar-refractivity contribution < 1.29 is 0 Å². The average molecular weight is 366 g/mol. The van der Waals surface area contributed by atoms with E-state index in [1.807, 2.05) is 0 Å². The predicted molar refractivity (Wildman–Crippen MR) is 103 cm³/mol. The molecule has 3 aromatic heterocycles. The summed E-state index contributed by atoms with van der Waals surface area (Å²) in [5.41, 5.74) is 1.09. The fraction of sp³-hybridized carbons (Fsp3) is 0.421. The molecule has 3 aromatic rings. The molecule has 27 heavy (non-hydrogen) atoms. The minimum atomic E-state index is -0.0809. The third-order valence-electron chi connectivity index (χ3n) is 5.25. The number of nitrogens with zero attached hydrogens (tertiary/aromatic N) is 6. The molecule has 0 saturated carbocycles. The highest BCUT2D eigenvalue weighted by atomic mass is 16.1. The molecule has 0 atom stereocenters. The zero-order valence-electron chi connectivity index (χ0n) is 15.5. The number of anilines is 1. The van der Waals surface area contributed by atoms with Gasteiger partial charge in [-0.05, 0) is 37.8 Å². The zero-order valence-corrected chi connectivity index (χ0v) is 15.5. The SMILES string of the molecule is Cc1cncn(CC2CCN(c3nc4ncccc4c(=O)n3C)CC2)c1=O. The van der Waals surface area contributed by atoms with Gasteiger partial charge in [0.2, 0.25) is 5.95 Å². The van der Waals surface area contributed by atoms with Crippen LogP contribution in [-0.2, 0) is 13.6 Å². The van der Waals surface area contributed by atoms with Gasteiger partial charge >= 0.3 is 0 Å². The van der Waals surface area contributed by atoms with Crippen LogP contribution in [0.1, 0.15) is 18.4 Å². The Labute approximate surface area is 156 Å². The summed E-state index contributed by atoms with van der Waals surface area (Å²) in [6.07, 6.45) is 6.72. The Morgan fingerprint density at radius 3 is 2.74 bits per heavy atom. The first kappa shape index (κ1) is 17.4. The largest absolute Gasteiger partial charge is 0.342 e. The van der Waals surface area contributed by atoms with Crippen molar-refractivity contribution in [2.45, 2.75) is 26.3 Å². The minimum absolute atomic E-state index is 0.0251. The van der Waals surface area contributed by atoms with Gasteiger partial charge in [-0.2, -0.15) is 4.98 Å². The number of pyridine rings is 1. The number of hydrogen-bond donors (Lipinski definition) is 0. The van der Waals surface area contributed by atoms with Gasteiger partial charge in [0.25, 0.3) is 11.1 Å². The second-order valence-electron chi connectivity index (χ2n) is 7.12. The molecular formula is C19H22N6O2. The molecule has 1 fully saturated rings. The first-order chi connectivity index (χ1) is 13.0. The van der Waals surface area contributed by atoms with Gasteiger partial charge in [0, 0.05) is 44.6 Å². The van der Waals surface area contributed by atoms with E-state index in [2.05, 4.69) is 19.9 Å². The summed E-state index contributed by atoms with van der Waals surface area (Å²) in [6, 6.07) is 3.50. The fourth-order valence-corrected chi connectivity index (χ4v) is 3.66. The molecule has 0 spiro atoms. The van der Waals surface area contributed by atoms with Gasteiger partial charge in [-0.15, -0.1) is 0 Å². The van der Waals surface area contributed by atoms with E-state index in [9.17, 15) is 9.59 Å². The summed E-state index contributed by atoms with van der Waals surface area (Å²) in [5.74, 6) is 1.05. The van der Waals surface area contributed by atoms with Crippen molar-refractivity contribution in [2.24, 2.45) is 13.0 Å². The lowest BCUT2D eigenvalue weighted by Gasteiger charge is -2.33. The van der Waals surface area contributed by atoms with E-state index >= 15 is 0 Å². The quantitative estimate of drug-likeness (QED) is 0.690. The van der Waals surface area contributed by atoms with E-state index in [1.165, 1.54) is 0 Å². The molecule has 0 aromatic carbocycles. The van der Waals surface area contributed by atoms with Gasteiger partial charge in [0.15, 0.2) is 5.65 Å². The van der Waals surface area contributed by atoms with Crippen molar-refractivity contribution in [1.29, 1.82) is 0 Å². The lowest BCUT2D eigenvalue weighted by atomic mass is 9.97. The summed E-state index contributed by atoms with van der Waals surface area (Å²) < 4.78 is 3.29. The highest BCUT2D eigenvalue weighted by Gasteiger charge is 2.23. The Bertz CT molecular complexity index is 1100. The normalized spacial score (nSPS) is 15.4. The highest BCUT2D eigenvalue weighted by molar-refractivity contribution is 5.74. The zero-order chi connectivity index (χ0) is 19.0. The van der Waals surface area contributed by atoms with Crippen LogP contribution in [0.25, 0.3) is 11.0 Å². The smallest absolute Gasteiger partial charge is 0.264 e. The van der Waals surface area contributed by atoms with Gasteiger partial charge in [-0.3, -0.25) is 18.7 Å². The van der Waals surface area contributed by atoms with Crippen LogP contribution in [0.3, 0.4) is 0 Å². The molecule has 1 saturated heterocycles. The molecule has 0 radical (unpaired) electrons. The molecule has 0 N–H and O–H groups in total.